The summed E-state index contributed by atoms with van der Waals surface area (Å²) in [4.78, 5) is 36.5. The van der Waals surface area contributed by atoms with Crippen molar-refractivity contribution in [2.24, 2.45) is 0 Å². The highest BCUT2D eigenvalue weighted by atomic mass is 32.1. The number of carbonyl (C=O) groups excluding carboxylic acids is 2. The molecule has 0 aliphatic rings. The Morgan fingerprint density at radius 3 is 2.58 bits per heavy atom. The first-order chi connectivity index (χ1) is 21.7. The summed E-state index contributed by atoms with van der Waals surface area (Å²) in [6.07, 6.45) is 0.734. The SMILES string of the molecule is COc1cccc(C(=O)Nc2cc(-c3csc(-c4sc(NC(=O)NCCCN(C)c5ccccc5)nc4N)n3)c(F)cc2F)c1. The van der Waals surface area contributed by atoms with Crippen LogP contribution in [-0.4, -0.2) is 49.2 Å². The molecule has 0 saturated heterocycles. The first-order valence-corrected chi connectivity index (χ1v) is 15.4. The third kappa shape index (κ3) is 7.72. The van der Waals surface area contributed by atoms with E-state index in [1.807, 2.05) is 37.4 Å². The van der Waals surface area contributed by atoms with Crippen molar-refractivity contribution in [2.45, 2.75) is 6.42 Å². The van der Waals surface area contributed by atoms with Crippen molar-refractivity contribution in [1.82, 2.24) is 15.3 Å². The third-order valence-corrected chi connectivity index (χ3v) is 8.62. The number of urea groups is 1. The Labute approximate surface area is 265 Å². The van der Waals surface area contributed by atoms with E-state index in [4.69, 9.17) is 10.5 Å². The molecular formula is C31H29F2N7O3S2. The van der Waals surface area contributed by atoms with Crippen molar-refractivity contribution in [3.63, 3.8) is 0 Å². The second-order valence-corrected chi connectivity index (χ2v) is 11.6. The average molecular weight is 650 g/mol. The quantitative estimate of drug-likeness (QED) is 0.117. The average Bonchev–Trinajstić information content (AvgIpc) is 3.67. The highest BCUT2D eigenvalue weighted by Crippen LogP contribution is 2.39. The van der Waals surface area contributed by atoms with Gasteiger partial charge >= 0.3 is 6.03 Å². The highest BCUT2D eigenvalue weighted by Gasteiger charge is 2.20. The number of methoxy groups -OCH3 is 1. The van der Waals surface area contributed by atoms with Gasteiger partial charge in [0.05, 0.1) is 18.5 Å². The van der Waals surface area contributed by atoms with Gasteiger partial charge in [-0.25, -0.2) is 23.5 Å². The minimum atomic E-state index is -0.938. The van der Waals surface area contributed by atoms with Crippen LogP contribution in [0.15, 0.2) is 72.1 Å². The number of halogens is 2. The summed E-state index contributed by atoms with van der Waals surface area (Å²) < 4.78 is 34.6. The molecule has 5 N–H and O–H groups in total. The molecule has 0 radical (unpaired) electrons. The Hall–Kier alpha value is -5.08. The maximum Gasteiger partial charge on any atom is 0.321 e. The predicted molar refractivity (Wildman–Crippen MR) is 175 cm³/mol. The van der Waals surface area contributed by atoms with Crippen molar-refractivity contribution < 1.29 is 23.1 Å². The molecule has 3 aromatic carbocycles. The van der Waals surface area contributed by atoms with Gasteiger partial charge in [0.15, 0.2) is 5.13 Å². The lowest BCUT2D eigenvalue weighted by Crippen LogP contribution is -2.31. The maximum atomic E-state index is 14.9. The van der Waals surface area contributed by atoms with E-state index in [9.17, 15) is 18.4 Å². The minimum Gasteiger partial charge on any atom is -0.497 e. The molecule has 0 atom stereocenters. The topological polar surface area (TPSA) is 134 Å². The monoisotopic (exact) mass is 649 g/mol. The van der Waals surface area contributed by atoms with Gasteiger partial charge < -0.3 is 26.0 Å². The summed E-state index contributed by atoms with van der Waals surface area (Å²) in [5, 5.41) is 10.3. The standard InChI is InChI=1S/C31H29F2N7O3S2/c1-40(19-9-4-3-5-10-19)13-7-12-35-30(42)39-31-38-27(34)26(45-31)29-37-25(17-44-29)21-15-24(23(33)16-22(21)32)36-28(41)18-8-6-11-20(14-18)43-2/h3-6,8-11,14-17H,7,12-13,34H2,1-2H3,(H,36,41)(H2,35,38,39,42). The Morgan fingerprint density at radius 2 is 1.80 bits per heavy atom. The normalized spacial score (nSPS) is 10.8. The van der Waals surface area contributed by atoms with E-state index in [0.29, 0.717) is 28.2 Å². The number of hydrogen-bond donors (Lipinski definition) is 4. The largest absolute Gasteiger partial charge is 0.497 e. The van der Waals surface area contributed by atoms with E-state index in [2.05, 4.69) is 30.8 Å². The number of amides is 3. The molecule has 10 nitrogen and oxygen atoms in total. The van der Waals surface area contributed by atoms with Gasteiger partial charge in [0.1, 0.15) is 33.1 Å². The second kappa shape index (κ2) is 14.1. The zero-order valence-corrected chi connectivity index (χ0v) is 25.9. The molecule has 45 heavy (non-hydrogen) atoms. The van der Waals surface area contributed by atoms with Crippen LogP contribution >= 0.6 is 22.7 Å². The molecule has 232 valence electrons. The molecule has 3 amide bonds. The molecule has 0 spiro atoms. The number of thiazole rings is 2. The number of para-hydroxylation sites is 1. The van der Waals surface area contributed by atoms with Crippen LogP contribution in [-0.2, 0) is 0 Å². The van der Waals surface area contributed by atoms with Crippen molar-refractivity contribution in [2.75, 3.05) is 48.5 Å². The molecule has 0 aliphatic heterocycles. The second-order valence-electron chi connectivity index (χ2n) is 9.76. The molecule has 2 heterocycles. The number of hydrogen-bond acceptors (Lipinski definition) is 9. The van der Waals surface area contributed by atoms with E-state index in [1.165, 1.54) is 30.6 Å². The molecule has 5 rings (SSSR count). The molecule has 5 aromatic rings. The van der Waals surface area contributed by atoms with Gasteiger partial charge in [0.2, 0.25) is 0 Å². The summed E-state index contributed by atoms with van der Waals surface area (Å²) in [5.41, 5.74) is 7.44. The van der Waals surface area contributed by atoms with E-state index in [1.54, 1.807) is 23.6 Å². The minimum absolute atomic E-state index is 0.0152. The van der Waals surface area contributed by atoms with Crippen molar-refractivity contribution in [3.8, 4) is 26.9 Å². The molecular weight excluding hydrogens is 621 g/mol. The lowest BCUT2D eigenvalue weighted by molar-refractivity contribution is 0.102. The fraction of sp³-hybridized carbons (Fsp3) is 0.161. The van der Waals surface area contributed by atoms with E-state index in [0.717, 1.165) is 30.0 Å². The van der Waals surface area contributed by atoms with Gasteiger partial charge in [-0.15, -0.1) is 11.3 Å². The van der Waals surface area contributed by atoms with Gasteiger partial charge in [-0.05, 0) is 42.8 Å². The number of rotatable bonds is 11. The number of benzene rings is 3. The molecule has 0 fully saturated rings. The highest BCUT2D eigenvalue weighted by molar-refractivity contribution is 7.23. The van der Waals surface area contributed by atoms with Crippen LogP contribution in [0.2, 0.25) is 0 Å². The summed E-state index contributed by atoms with van der Waals surface area (Å²) in [6, 6.07) is 17.8. The number of nitrogens with one attached hydrogen (secondary N) is 3. The van der Waals surface area contributed by atoms with E-state index >= 15 is 0 Å². The van der Waals surface area contributed by atoms with Crippen molar-refractivity contribution >= 4 is 56.9 Å². The summed E-state index contributed by atoms with van der Waals surface area (Å²) in [7, 11) is 3.46. The number of carbonyl (C=O) groups is 2. The summed E-state index contributed by atoms with van der Waals surface area (Å²) in [5.74, 6) is -1.78. The molecule has 0 saturated carbocycles. The van der Waals surface area contributed by atoms with Crippen LogP contribution in [0, 0.1) is 11.6 Å². The van der Waals surface area contributed by atoms with Gasteiger partial charge in [-0.2, -0.15) is 0 Å². The van der Waals surface area contributed by atoms with Crippen LogP contribution in [0.5, 0.6) is 5.75 Å². The smallest absolute Gasteiger partial charge is 0.321 e. The third-order valence-electron chi connectivity index (χ3n) is 6.64. The van der Waals surface area contributed by atoms with Gasteiger partial charge in [0, 0.05) is 48.4 Å². The number of anilines is 4. The summed E-state index contributed by atoms with van der Waals surface area (Å²) >= 11 is 2.30. The number of nitrogen functional groups attached to an aromatic ring is 1. The predicted octanol–water partition coefficient (Wildman–Crippen LogP) is 6.70. The van der Waals surface area contributed by atoms with Crippen molar-refractivity contribution in [1.29, 1.82) is 0 Å². The fourth-order valence-electron chi connectivity index (χ4n) is 4.31. The maximum absolute atomic E-state index is 14.9. The Bertz CT molecular complexity index is 1810. The number of nitrogens with two attached hydrogens (primary N) is 1. The molecule has 0 aliphatic carbocycles. The summed E-state index contributed by atoms with van der Waals surface area (Å²) in [6.45, 7) is 1.22. The van der Waals surface area contributed by atoms with Crippen LogP contribution in [0.3, 0.4) is 0 Å². The van der Waals surface area contributed by atoms with E-state index < -0.39 is 23.6 Å². The van der Waals surface area contributed by atoms with Crippen LogP contribution < -0.4 is 31.3 Å². The molecule has 14 heteroatoms. The number of nitrogens with zero attached hydrogens (tertiary/aromatic N) is 3. The van der Waals surface area contributed by atoms with E-state index in [-0.39, 0.29) is 33.5 Å². The van der Waals surface area contributed by atoms with Crippen molar-refractivity contribution in [3.05, 3.63) is 89.3 Å². The van der Waals surface area contributed by atoms with Crippen LogP contribution in [0.25, 0.3) is 21.1 Å². The van der Waals surface area contributed by atoms with Gasteiger partial charge in [-0.1, -0.05) is 35.6 Å². The van der Waals surface area contributed by atoms with Gasteiger partial charge in [0.25, 0.3) is 5.91 Å². The Balaban J connectivity index is 1.22. The Kier molecular flexibility index (Phi) is 9.85. The first-order valence-electron chi connectivity index (χ1n) is 13.7. The molecule has 0 bridgehead atoms. The number of aromatic nitrogens is 2. The zero-order chi connectivity index (χ0) is 31.9. The fourth-order valence-corrected chi connectivity index (χ4v) is 6.11. The van der Waals surface area contributed by atoms with Crippen LogP contribution in [0.1, 0.15) is 16.8 Å². The first kappa shape index (κ1) is 31.3. The lowest BCUT2D eigenvalue weighted by Gasteiger charge is -2.19. The lowest BCUT2D eigenvalue weighted by atomic mass is 10.1. The van der Waals surface area contributed by atoms with Gasteiger partial charge in [-0.3, -0.25) is 10.1 Å². The number of ether oxygens (including phenoxy) is 1. The Morgan fingerprint density at radius 1 is 1.00 bits per heavy atom. The zero-order valence-electron chi connectivity index (χ0n) is 24.3. The molecule has 2 aromatic heterocycles. The molecule has 0 unspecified atom stereocenters. The van der Waals surface area contributed by atoms with Crippen LogP contribution in [0.4, 0.5) is 35.9 Å².